The minimum Gasteiger partial charge on any atom is -0.444 e. The first-order valence-corrected chi connectivity index (χ1v) is 14.1. The number of piperidine rings is 1. The third-order valence-corrected chi connectivity index (χ3v) is 7.91. The number of anilines is 1. The summed E-state index contributed by atoms with van der Waals surface area (Å²) in [7, 11) is 1.89. The van der Waals surface area contributed by atoms with E-state index in [1.165, 1.54) is 12.3 Å². The highest BCUT2D eigenvalue weighted by molar-refractivity contribution is 5.68. The lowest BCUT2D eigenvalue weighted by Crippen LogP contribution is -2.49. The van der Waals surface area contributed by atoms with Gasteiger partial charge in [-0.2, -0.15) is 13.2 Å². The smallest absolute Gasteiger partial charge is 0.418 e. The van der Waals surface area contributed by atoms with Crippen molar-refractivity contribution in [3.8, 4) is 0 Å². The maximum Gasteiger partial charge on any atom is 0.418 e. The number of ether oxygens (including phenoxy) is 2. The highest BCUT2D eigenvalue weighted by Crippen LogP contribution is 2.38. The average Bonchev–Trinajstić information content (AvgIpc) is 3.32. The van der Waals surface area contributed by atoms with Crippen molar-refractivity contribution < 1.29 is 27.4 Å². The molecule has 2 aliphatic heterocycles. The van der Waals surface area contributed by atoms with Gasteiger partial charge in [0.15, 0.2) is 0 Å². The first kappa shape index (κ1) is 29.8. The van der Waals surface area contributed by atoms with Crippen molar-refractivity contribution >= 4 is 11.8 Å². The van der Waals surface area contributed by atoms with E-state index in [2.05, 4.69) is 20.5 Å². The second kappa shape index (κ2) is 11.5. The van der Waals surface area contributed by atoms with Gasteiger partial charge in [-0.25, -0.2) is 4.79 Å². The molecule has 1 amide bonds. The minimum absolute atomic E-state index is 0.0661. The van der Waals surface area contributed by atoms with Gasteiger partial charge in [0.2, 0.25) is 0 Å². The Labute approximate surface area is 243 Å². The number of carbonyl (C=O) groups is 1. The van der Waals surface area contributed by atoms with Crippen LogP contribution in [-0.4, -0.2) is 62.6 Å². The SMILES string of the molecule is Cn1cnnc1CC1(c2cccc(NCc3ncc(C4CCN(C(=O)OC(C)(C)C)CC4)cc3C(F)(F)F)c2)COC1. The summed E-state index contributed by atoms with van der Waals surface area (Å²) in [6, 6.07) is 8.90. The van der Waals surface area contributed by atoms with Crippen LogP contribution < -0.4 is 5.32 Å². The molecule has 2 aromatic heterocycles. The zero-order valence-corrected chi connectivity index (χ0v) is 24.4. The zero-order chi connectivity index (χ0) is 30.1. The first-order chi connectivity index (χ1) is 19.8. The molecule has 0 radical (unpaired) electrons. The van der Waals surface area contributed by atoms with Crippen LogP contribution in [-0.2, 0) is 41.1 Å². The Bertz CT molecular complexity index is 1410. The van der Waals surface area contributed by atoms with E-state index in [4.69, 9.17) is 9.47 Å². The molecule has 1 aromatic carbocycles. The largest absolute Gasteiger partial charge is 0.444 e. The number of nitrogens with one attached hydrogen (secondary N) is 1. The fraction of sp³-hybridized carbons (Fsp3) is 0.533. The molecule has 2 fully saturated rings. The van der Waals surface area contributed by atoms with E-state index in [0.717, 1.165) is 11.4 Å². The van der Waals surface area contributed by atoms with E-state index >= 15 is 0 Å². The Kier molecular flexibility index (Phi) is 8.19. The standard InChI is InChI=1S/C30H37F3N6O3/c1-28(2,3)42-27(40)39-10-8-20(9-11-39)21-12-24(30(31,32)33)25(35-15-21)16-34-23-7-5-6-22(13-23)29(17-41-18-29)14-26-37-36-19-38(26)4/h5-7,12-13,15,19-20,34H,8-11,14,16-18H2,1-4H3. The van der Waals surface area contributed by atoms with Crippen molar-refractivity contribution in [1.29, 1.82) is 0 Å². The van der Waals surface area contributed by atoms with Crippen molar-refractivity contribution in [1.82, 2.24) is 24.6 Å². The van der Waals surface area contributed by atoms with Gasteiger partial charge in [-0.05, 0) is 68.9 Å². The number of pyridine rings is 1. The fourth-order valence-electron chi connectivity index (χ4n) is 5.47. The number of nitrogens with zero attached hydrogens (tertiary/aromatic N) is 5. The van der Waals surface area contributed by atoms with Gasteiger partial charge in [0, 0.05) is 43.9 Å². The van der Waals surface area contributed by atoms with Crippen molar-refractivity contribution in [2.75, 3.05) is 31.6 Å². The molecule has 0 unspecified atom stereocenters. The molecular formula is C30H37F3N6O3. The Hall–Kier alpha value is -3.67. The molecule has 4 heterocycles. The molecule has 12 heteroatoms. The molecule has 0 saturated carbocycles. The summed E-state index contributed by atoms with van der Waals surface area (Å²) in [6.45, 7) is 7.22. The van der Waals surface area contributed by atoms with E-state index in [1.807, 2.05) is 35.9 Å². The number of alkyl halides is 3. The van der Waals surface area contributed by atoms with Crippen LogP contribution in [0.5, 0.6) is 0 Å². The van der Waals surface area contributed by atoms with Crippen molar-refractivity contribution in [3.05, 3.63) is 71.1 Å². The van der Waals surface area contributed by atoms with Crippen LogP contribution in [0.1, 0.15) is 67.7 Å². The summed E-state index contributed by atoms with van der Waals surface area (Å²) in [5, 5.41) is 11.3. The summed E-state index contributed by atoms with van der Waals surface area (Å²) in [6.07, 6.45) is -0.0229. The number of likely N-dealkylation sites (tertiary alicyclic amines) is 1. The summed E-state index contributed by atoms with van der Waals surface area (Å²) in [5.74, 6) is 0.720. The van der Waals surface area contributed by atoms with E-state index < -0.39 is 23.4 Å². The summed E-state index contributed by atoms with van der Waals surface area (Å²) >= 11 is 0. The van der Waals surface area contributed by atoms with Crippen LogP contribution in [0, 0.1) is 0 Å². The Morgan fingerprint density at radius 1 is 1.17 bits per heavy atom. The molecule has 2 aliphatic rings. The molecule has 0 spiro atoms. The van der Waals surface area contributed by atoms with Gasteiger partial charge in [0.25, 0.3) is 0 Å². The number of hydrogen-bond acceptors (Lipinski definition) is 7. The molecule has 0 atom stereocenters. The number of hydrogen-bond donors (Lipinski definition) is 1. The number of amides is 1. The predicted molar refractivity (Wildman–Crippen MR) is 150 cm³/mol. The molecule has 0 aliphatic carbocycles. The third kappa shape index (κ3) is 6.69. The van der Waals surface area contributed by atoms with Crippen molar-refractivity contribution in [2.45, 2.75) is 69.7 Å². The summed E-state index contributed by atoms with van der Waals surface area (Å²) < 4.78 is 55.4. The quantitative estimate of drug-likeness (QED) is 0.393. The molecule has 42 heavy (non-hydrogen) atoms. The van der Waals surface area contributed by atoms with Gasteiger partial charge in [-0.15, -0.1) is 10.2 Å². The van der Waals surface area contributed by atoms with Crippen LogP contribution in [0.25, 0.3) is 0 Å². The van der Waals surface area contributed by atoms with E-state index in [9.17, 15) is 18.0 Å². The fourth-order valence-corrected chi connectivity index (χ4v) is 5.47. The highest BCUT2D eigenvalue weighted by Gasteiger charge is 2.42. The van der Waals surface area contributed by atoms with Gasteiger partial charge in [0.1, 0.15) is 17.8 Å². The lowest BCUT2D eigenvalue weighted by molar-refractivity contribution is -0.138. The maximum absolute atomic E-state index is 14.2. The predicted octanol–water partition coefficient (Wildman–Crippen LogP) is 5.47. The number of aryl methyl sites for hydroxylation is 1. The Morgan fingerprint density at radius 3 is 2.50 bits per heavy atom. The summed E-state index contributed by atoms with van der Waals surface area (Å²) in [4.78, 5) is 18.3. The van der Waals surface area contributed by atoms with Gasteiger partial charge in [-0.3, -0.25) is 4.98 Å². The Morgan fingerprint density at radius 2 is 1.90 bits per heavy atom. The second-order valence-electron chi connectivity index (χ2n) is 12.2. The summed E-state index contributed by atoms with van der Waals surface area (Å²) in [5.41, 5.74) is 0.577. The maximum atomic E-state index is 14.2. The van der Waals surface area contributed by atoms with Crippen LogP contribution in [0.3, 0.4) is 0 Å². The van der Waals surface area contributed by atoms with E-state index in [-0.39, 0.29) is 23.6 Å². The van der Waals surface area contributed by atoms with E-state index in [1.54, 1.807) is 32.0 Å². The Balaban J connectivity index is 1.27. The van der Waals surface area contributed by atoms with Crippen LogP contribution in [0.2, 0.25) is 0 Å². The average molecular weight is 587 g/mol. The van der Waals surface area contributed by atoms with Crippen LogP contribution in [0.15, 0.2) is 42.9 Å². The molecule has 226 valence electrons. The van der Waals surface area contributed by atoms with Crippen molar-refractivity contribution in [2.24, 2.45) is 7.05 Å². The number of halogens is 3. The normalized spacial score (nSPS) is 17.5. The zero-order valence-electron chi connectivity index (χ0n) is 24.4. The number of benzene rings is 1. The molecule has 1 N–H and O–H groups in total. The minimum atomic E-state index is -4.55. The molecule has 5 rings (SSSR count). The number of rotatable bonds is 7. The van der Waals surface area contributed by atoms with Crippen LogP contribution in [0.4, 0.5) is 23.7 Å². The molecule has 9 nitrogen and oxygen atoms in total. The van der Waals surface area contributed by atoms with Gasteiger partial charge >= 0.3 is 12.3 Å². The molecule has 3 aromatic rings. The molecule has 2 saturated heterocycles. The van der Waals surface area contributed by atoms with Gasteiger partial charge in [0.05, 0.1) is 31.0 Å². The van der Waals surface area contributed by atoms with Gasteiger partial charge < -0.3 is 24.3 Å². The first-order valence-electron chi connectivity index (χ1n) is 14.1. The lowest BCUT2D eigenvalue weighted by atomic mass is 9.75. The third-order valence-electron chi connectivity index (χ3n) is 7.91. The topological polar surface area (TPSA) is 94.4 Å². The van der Waals surface area contributed by atoms with E-state index in [0.29, 0.717) is 56.8 Å². The second-order valence-corrected chi connectivity index (χ2v) is 12.2. The highest BCUT2D eigenvalue weighted by atomic mass is 19.4. The van der Waals surface area contributed by atoms with Crippen molar-refractivity contribution in [3.63, 3.8) is 0 Å². The lowest BCUT2D eigenvalue weighted by Gasteiger charge is -2.41. The molecular weight excluding hydrogens is 549 g/mol. The molecule has 0 bridgehead atoms. The number of carbonyl (C=O) groups excluding carboxylic acids is 1. The van der Waals surface area contributed by atoms with Gasteiger partial charge in [-0.1, -0.05) is 12.1 Å². The number of aromatic nitrogens is 4. The van der Waals surface area contributed by atoms with Crippen LogP contribution >= 0.6 is 0 Å². The monoisotopic (exact) mass is 586 g/mol.